The number of hydrogen-bond donors (Lipinski definition) is 2. The number of fused-ring (bicyclic) bond motifs is 1. The first-order chi connectivity index (χ1) is 20.3. The molecule has 1 aliphatic rings. The number of nitrogens with one attached hydrogen (secondary N) is 2. The maximum absolute atomic E-state index is 13.1. The number of aryl methyl sites for hydroxylation is 1. The first-order valence-corrected chi connectivity index (χ1v) is 15.7. The highest BCUT2D eigenvalue weighted by Gasteiger charge is 2.34. The van der Waals surface area contributed by atoms with Crippen molar-refractivity contribution in [2.75, 3.05) is 19.8 Å². The number of amides is 2. The van der Waals surface area contributed by atoms with Gasteiger partial charge in [-0.15, -0.1) is 0 Å². The summed E-state index contributed by atoms with van der Waals surface area (Å²) in [7, 11) is 0. The average molecular weight is 656 g/mol. The molecule has 0 saturated carbocycles. The molecule has 0 radical (unpaired) electrons. The lowest BCUT2D eigenvalue weighted by molar-refractivity contribution is -0.153. The van der Waals surface area contributed by atoms with Gasteiger partial charge in [0.25, 0.3) is 5.91 Å². The molecular weight excluding hydrogens is 615 g/mol. The van der Waals surface area contributed by atoms with Crippen LogP contribution in [0.15, 0.2) is 36.4 Å². The maximum Gasteiger partial charge on any atom is 0.325 e. The molecule has 4 atom stereocenters. The summed E-state index contributed by atoms with van der Waals surface area (Å²) in [4.78, 5) is 43.3. The van der Waals surface area contributed by atoms with Crippen LogP contribution in [0.1, 0.15) is 58.7 Å². The van der Waals surface area contributed by atoms with Gasteiger partial charge in [0, 0.05) is 17.6 Å². The van der Waals surface area contributed by atoms with Crippen LogP contribution in [-0.2, 0) is 30.3 Å². The summed E-state index contributed by atoms with van der Waals surface area (Å²) in [5.41, 5.74) is 5.92. The Morgan fingerprint density at radius 3 is 2.56 bits per heavy atom. The van der Waals surface area contributed by atoms with Gasteiger partial charge in [-0.25, -0.2) is 5.43 Å². The third-order valence-electron chi connectivity index (χ3n) is 7.00. The van der Waals surface area contributed by atoms with Crippen molar-refractivity contribution in [1.82, 2.24) is 20.7 Å². The Morgan fingerprint density at radius 1 is 1.16 bits per heavy atom. The fraction of sp³-hybridized carbons (Fsp3) is 0.548. The van der Waals surface area contributed by atoms with Crippen molar-refractivity contribution >= 4 is 69.6 Å². The van der Waals surface area contributed by atoms with E-state index in [0.29, 0.717) is 26.0 Å². The number of hydrazine groups is 1. The molecule has 0 aliphatic carbocycles. The summed E-state index contributed by atoms with van der Waals surface area (Å²) in [5.74, 6) is -1.48. The third kappa shape index (κ3) is 10.9. The quantitative estimate of drug-likeness (QED) is 0.233. The molecule has 1 saturated heterocycles. The Hall–Kier alpha value is -2.43. The van der Waals surface area contributed by atoms with Gasteiger partial charge in [-0.1, -0.05) is 92.8 Å². The highest BCUT2D eigenvalue weighted by Crippen LogP contribution is 2.26. The third-order valence-corrected chi connectivity index (χ3v) is 7.33. The van der Waals surface area contributed by atoms with Gasteiger partial charge in [0.2, 0.25) is 9.70 Å². The lowest BCUT2D eigenvalue weighted by Crippen LogP contribution is -2.60. The van der Waals surface area contributed by atoms with E-state index in [1.165, 1.54) is 5.01 Å². The fourth-order valence-electron chi connectivity index (χ4n) is 4.59. The van der Waals surface area contributed by atoms with Crippen LogP contribution in [0.25, 0.3) is 17.0 Å². The van der Waals surface area contributed by atoms with E-state index in [1.54, 1.807) is 6.92 Å². The molecule has 2 amide bonds. The number of rotatable bonds is 12. The van der Waals surface area contributed by atoms with Crippen molar-refractivity contribution in [2.45, 2.75) is 75.9 Å². The number of esters is 1. The molecule has 0 bridgehead atoms. The molecule has 0 spiro atoms. The summed E-state index contributed by atoms with van der Waals surface area (Å²) < 4.78 is 9.35. The van der Waals surface area contributed by atoms with Crippen LogP contribution in [0.3, 0.4) is 0 Å². The lowest BCUT2D eigenvalue weighted by Gasteiger charge is -2.34. The second-order valence-electron chi connectivity index (χ2n) is 11.2. The summed E-state index contributed by atoms with van der Waals surface area (Å²) in [6.07, 6.45) is 5.23. The zero-order chi connectivity index (χ0) is 31.7. The Labute approximate surface area is 268 Å². The SMILES string of the molecule is CCc1ccc2ccc(/C=C/C(C)CO[C@H](C(=O)N[C@@H](C)C(=O)N3CCC[C@@H](C(=O)OCC(Cl)(Cl)Cl)N3)C(C)C)cc2n1. The number of halogens is 3. The van der Waals surface area contributed by atoms with Crippen LogP contribution in [0.5, 0.6) is 0 Å². The molecule has 236 valence electrons. The average Bonchev–Trinajstić information content (AvgIpc) is 2.97. The number of benzene rings is 1. The highest BCUT2D eigenvalue weighted by atomic mass is 35.6. The number of ether oxygens (including phenoxy) is 2. The highest BCUT2D eigenvalue weighted by molar-refractivity contribution is 6.67. The van der Waals surface area contributed by atoms with Gasteiger partial charge in [0.15, 0.2) is 0 Å². The lowest BCUT2D eigenvalue weighted by atomic mass is 10.0. The van der Waals surface area contributed by atoms with Crippen molar-refractivity contribution < 1.29 is 23.9 Å². The van der Waals surface area contributed by atoms with Crippen LogP contribution in [0.2, 0.25) is 0 Å². The number of carbonyl (C=O) groups is 3. The number of aromatic nitrogens is 1. The van der Waals surface area contributed by atoms with Crippen molar-refractivity contribution in [3.8, 4) is 0 Å². The van der Waals surface area contributed by atoms with Gasteiger partial charge < -0.3 is 14.8 Å². The number of pyridine rings is 1. The zero-order valence-electron chi connectivity index (χ0n) is 25.2. The molecule has 43 heavy (non-hydrogen) atoms. The Morgan fingerprint density at radius 2 is 1.88 bits per heavy atom. The summed E-state index contributed by atoms with van der Waals surface area (Å²) in [6.45, 7) is 9.78. The molecule has 3 rings (SSSR count). The van der Waals surface area contributed by atoms with Crippen molar-refractivity contribution in [1.29, 1.82) is 0 Å². The first-order valence-electron chi connectivity index (χ1n) is 14.6. The number of nitrogens with zero attached hydrogens (tertiary/aromatic N) is 2. The predicted octanol–water partition coefficient (Wildman–Crippen LogP) is 5.40. The predicted molar refractivity (Wildman–Crippen MR) is 171 cm³/mol. The van der Waals surface area contributed by atoms with Gasteiger partial charge in [-0.05, 0) is 55.7 Å². The molecule has 2 aromatic rings. The molecule has 2 N–H and O–H groups in total. The fourth-order valence-corrected chi connectivity index (χ4v) is 4.76. The normalized spacial score (nSPS) is 18.1. The summed E-state index contributed by atoms with van der Waals surface area (Å²) in [5, 5.41) is 5.18. The standard InChI is InChI=1S/C31H41Cl3N4O5/c1-6-24-14-13-23-12-11-22(16-26(23)36-24)10-9-20(4)17-42-27(19(2)3)28(39)35-21(5)29(40)38-15-7-8-25(37-38)30(41)43-18-31(32,33)34/h9-14,16,19-21,25,27,37H,6-8,15,17-18H2,1-5H3,(H,35,39)/b10-9+/t20?,21-,25-,27-/m0/s1. The first kappa shape index (κ1) is 35.1. The molecule has 1 aliphatic heterocycles. The summed E-state index contributed by atoms with van der Waals surface area (Å²) >= 11 is 17.0. The summed E-state index contributed by atoms with van der Waals surface area (Å²) in [6, 6.07) is 8.68. The van der Waals surface area contributed by atoms with Gasteiger partial charge in [0.1, 0.15) is 24.8 Å². The maximum atomic E-state index is 13.1. The minimum atomic E-state index is -1.73. The van der Waals surface area contributed by atoms with Crippen molar-refractivity contribution in [3.05, 3.63) is 47.7 Å². The molecule has 2 heterocycles. The molecule has 1 fully saturated rings. The smallest absolute Gasteiger partial charge is 0.325 e. The molecule has 1 aromatic heterocycles. The molecule has 12 heteroatoms. The van der Waals surface area contributed by atoms with Crippen molar-refractivity contribution in [2.24, 2.45) is 11.8 Å². The second-order valence-corrected chi connectivity index (χ2v) is 13.7. The molecule has 9 nitrogen and oxygen atoms in total. The van der Waals surface area contributed by atoms with Crippen LogP contribution < -0.4 is 10.7 Å². The van der Waals surface area contributed by atoms with Crippen LogP contribution in [0.4, 0.5) is 0 Å². The second kappa shape index (κ2) is 16.0. The van der Waals surface area contributed by atoms with Crippen molar-refractivity contribution in [3.63, 3.8) is 0 Å². The van der Waals surface area contributed by atoms with Gasteiger partial charge in [-0.3, -0.25) is 24.4 Å². The van der Waals surface area contributed by atoms with Gasteiger partial charge in [0.05, 0.1) is 12.1 Å². The van der Waals surface area contributed by atoms with Crippen LogP contribution in [0, 0.1) is 11.8 Å². The van der Waals surface area contributed by atoms with Crippen LogP contribution in [-0.4, -0.2) is 69.5 Å². The van der Waals surface area contributed by atoms with E-state index in [0.717, 1.165) is 28.6 Å². The Bertz CT molecular complexity index is 1300. The Balaban J connectivity index is 1.52. The number of carbonyl (C=O) groups excluding carboxylic acids is 3. The minimum absolute atomic E-state index is 0.0366. The minimum Gasteiger partial charge on any atom is -0.460 e. The van der Waals surface area contributed by atoms with E-state index < -0.39 is 34.6 Å². The number of hydrogen-bond acceptors (Lipinski definition) is 7. The zero-order valence-corrected chi connectivity index (χ0v) is 27.5. The van der Waals surface area contributed by atoms with E-state index >= 15 is 0 Å². The number of alkyl halides is 3. The monoisotopic (exact) mass is 654 g/mol. The van der Waals surface area contributed by atoms with Crippen LogP contribution >= 0.6 is 34.8 Å². The molecule has 1 aromatic carbocycles. The van der Waals surface area contributed by atoms with E-state index in [-0.39, 0.29) is 23.7 Å². The van der Waals surface area contributed by atoms with Gasteiger partial charge in [-0.2, -0.15) is 0 Å². The largest absolute Gasteiger partial charge is 0.460 e. The van der Waals surface area contributed by atoms with E-state index in [1.807, 2.05) is 39.0 Å². The molecule has 1 unspecified atom stereocenters. The van der Waals surface area contributed by atoms with E-state index in [2.05, 4.69) is 41.9 Å². The van der Waals surface area contributed by atoms with E-state index in [9.17, 15) is 14.4 Å². The molecular formula is C31H41Cl3N4O5. The van der Waals surface area contributed by atoms with E-state index in [4.69, 9.17) is 49.3 Å². The topological polar surface area (TPSA) is 110 Å². The van der Waals surface area contributed by atoms with Gasteiger partial charge >= 0.3 is 5.97 Å². The Kier molecular flexibility index (Phi) is 13.1.